The zero-order chi connectivity index (χ0) is 9.14. The Balaban J connectivity index is 2.15. The molecule has 68 valence electrons. The highest BCUT2D eigenvalue weighted by atomic mass is 16.4. The van der Waals surface area contributed by atoms with Crippen molar-refractivity contribution in [1.82, 2.24) is 5.32 Å². The first-order valence-corrected chi connectivity index (χ1v) is 4.25. The molecule has 1 aliphatic carbocycles. The Morgan fingerprint density at radius 2 is 2.33 bits per heavy atom. The molecule has 1 atom stereocenters. The van der Waals surface area contributed by atoms with E-state index in [4.69, 9.17) is 5.11 Å². The van der Waals surface area contributed by atoms with Crippen molar-refractivity contribution in [3.8, 4) is 0 Å². The van der Waals surface area contributed by atoms with Gasteiger partial charge in [0.2, 0.25) is 0 Å². The molecule has 12 heavy (non-hydrogen) atoms. The fourth-order valence-corrected chi connectivity index (χ4v) is 1.12. The van der Waals surface area contributed by atoms with Gasteiger partial charge in [-0.25, -0.2) is 4.79 Å². The number of hydrogen-bond donors (Lipinski definition) is 2. The number of carboxylic acid groups (broad SMARTS) is 1. The first-order valence-electron chi connectivity index (χ1n) is 4.25. The number of aliphatic carboxylic acids is 1. The van der Waals surface area contributed by atoms with Gasteiger partial charge in [-0.3, -0.25) is 0 Å². The highest BCUT2D eigenvalue weighted by Gasteiger charge is 2.27. The minimum absolute atomic E-state index is 0.238. The summed E-state index contributed by atoms with van der Waals surface area (Å²) < 4.78 is 0. The predicted octanol–water partition coefficient (Wildman–Crippen LogP) is 1.02. The van der Waals surface area contributed by atoms with Crippen molar-refractivity contribution in [2.45, 2.75) is 25.8 Å². The molecule has 3 heteroatoms. The SMILES string of the molecule is C=C(CNC(C)C1CC1)C(=O)O. The van der Waals surface area contributed by atoms with Gasteiger partial charge in [-0.1, -0.05) is 6.58 Å². The third-order valence-electron chi connectivity index (χ3n) is 2.27. The quantitative estimate of drug-likeness (QED) is 0.604. The molecule has 0 amide bonds. The maximum Gasteiger partial charge on any atom is 0.332 e. The van der Waals surface area contributed by atoms with Gasteiger partial charge in [-0.05, 0) is 25.7 Å². The Labute approximate surface area is 72.5 Å². The Kier molecular flexibility index (Phi) is 2.87. The molecule has 1 fully saturated rings. The van der Waals surface area contributed by atoms with Gasteiger partial charge in [0.1, 0.15) is 0 Å². The van der Waals surface area contributed by atoms with Gasteiger partial charge in [0.25, 0.3) is 0 Å². The lowest BCUT2D eigenvalue weighted by atomic mass is 10.2. The van der Waals surface area contributed by atoms with Gasteiger partial charge in [0, 0.05) is 18.2 Å². The zero-order valence-corrected chi connectivity index (χ0v) is 7.34. The maximum atomic E-state index is 10.4. The topological polar surface area (TPSA) is 49.3 Å². The molecular formula is C9H15NO2. The van der Waals surface area contributed by atoms with Crippen LogP contribution in [0.25, 0.3) is 0 Å². The van der Waals surface area contributed by atoms with Crippen LogP contribution in [0.1, 0.15) is 19.8 Å². The second kappa shape index (κ2) is 3.72. The number of nitrogens with one attached hydrogen (secondary N) is 1. The van der Waals surface area contributed by atoms with Crippen LogP contribution in [0.5, 0.6) is 0 Å². The van der Waals surface area contributed by atoms with Crippen molar-refractivity contribution >= 4 is 5.97 Å². The van der Waals surface area contributed by atoms with Gasteiger partial charge >= 0.3 is 5.97 Å². The number of carbonyl (C=O) groups is 1. The van der Waals surface area contributed by atoms with E-state index >= 15 is 0 Å². The van der Waals surface area contributed by atoms with E-state index in [-0.39, 0.29) is 5.57 Å². The number of rotatable bonds is 5. The van der Waals surface area contributed by atoms with Crippen LogP contribution in [-0.4, -0.2) is 23.7 Å². The van der Waals surface area contributed by atoms with E-state index in [1.54, 1.807) is 0 Å². The Morgan fingerprint density at radius 3 is 2.75 bits per heavy atom. The van der Waals surface area contributed by atoms with Gasteiger partial charge in [-0.15, -0.1) is 0 Å². The third-order valence-corrected chi connectivity index (χ3v) is 2.27. The van der Waals surface area contributed by atoms with Crippen molar-refractivity contribution in [2.24, 2.45) is 5.92 Å². The van der Waals surface area contributed by atoms with Crippen LogP contribution in [0.15, 0.2) is 12.2 Å². The minimum Gasteiger partial charge on any atom is -0.478 e. The van der Waals surface area contributed by atoms with Gasteiger partial charge in [0.15, 0.2) is 0 Å². The molecule has 0 radical (unpaired) electrons. The molecule has 0 aromatic carbocycles. The molecule has 1 saturated carbocycles. The van der Waals surface area contributed by atoms with Crippen molar-refractivity contribution < 1.29 is 9.90 Å². The van der Waals surface area contributed by atoms with Crippen LogP contribution in [0.2, 0.25) is 0 Å². The van der Waals surface area contributed by atoms with Gasteiger partial charge in [0.05, 0.1) is 0 Å². The third kappa shape index (κ3) is 2.66. The summed E-state index contributed by atoms with van der Waals surface area (Å²) in [4.78, 5) is 10.4. The molecule has 1 unspecified atom stereocenters. The molecule has 1 aliphatic rings. The van der Waals surface area contributed by atoms with Crippen molar-refractivity contribution in [3.05, 3.63) is 12.2 Å². The van der Waals surface area contributed by atoms with E-state index in [1.807, 2.05) is 0 Å². The second-order valence-corrected chi connectivity index (χ2v) is 3.42. The molecule has 0 aromatic heterocycles. The summed E-state index contributed by atoms with van der Waals surface area (Å²) in [5.41, 5.74) is 0.238. The van der Waals surface area contributed by atoms with Crippen molar-refractivity contribution in [1.29, 1.82) is 0 Å². The Morgan fingerprint density at radius 1 is 1.75 bits per heavy atom. The molecule has 0 heterocycles. The summed E-state index contributed by atoms with van der Waals surface area (Å²) in [5.74, 6) is -0.155. The van der Waals surface area contributed by atoms with Crippen LogP contribution in [0.4, 0.5) is 0 Å². The highest BCUT2D eigenvalue weighted by Crippen LogP contribution is 2.32. The summed E-state index contributed by atoms with van der Waals surface area (Å²) in [7, 11) is 0. The Hall–Kier alpha value is -0.830. The summed E-state index contributed by atoms with van der Waals surface area (Å²) in [5, 5.41) is 11.7. The van der Waals surface area contributed by atoms with Crippen LogP contribution < -0.4 is 5.32 Å². The minimum atomic E-state index is -0.912. The molecule has 2 N–H and O–H groups in total. The normalized spacial score (nSPS) is 18.8. The van der Waals surface area contributed by atoms with Crippen LogP contribution in [0, 0.1) is 5.92 Å². The summed E-state index contributed by atoms with van der Waals surface area (Å²) in [6.45, 7) is 5.93. The second-order valence-electron chi connectivity index (χ2n) is 3.42. The van der Waals surface area contributed by atoms with Crippen LogP contribution in [0.3, 0.4) is 0 Å². The fraction of sp³-hybridized carbons (Fsp3) is 0.667. The Bertz CT molecular complexity index is 197. The molecule has 0 saturated heterocycles. The lowest BCUT2D eigenvalue weighted by molar-refractivity contribution is -0.132. The predicted molar refractivity (Wildman–Crippen MR) is 47.0 cm³/mol. The highest BCUT2D eigenvalue weighted by molar-refractivity contribution is 5.86. The van der Waals surface area contributed by atoms with Crippen molar-refractivity contribution in [3.63, 3.8) is 0 Å². The molecule has 3 nitrogen and oxygen atoms in total. The maximum absolute atomic E-state index is 10.4. The number of hydrogen-bond acceptors (Lipinski definition) is 2. The van der Waals surface area contributed by atoms with E-state index in [2.05, 4.69) is 18.8 Å². The summed E-state index contributed by atoms with van der Waals surface area (Å²) in [6.07, 6.45) is 2.54. The molecule has 0 bridgehead atoms. The lowest BCUT2D eigenvalue weighted by Gasteiger charge is -2.11. The van der Waals surface area contributed by atoms with Gasteiger partial charge in [-0.2, -0.15) is 0 Å². The largest absolute Gasteiger partial charge is 0.478 e. The molecule has 0 aliphatic heterocycles. The molecule has 1 rings (SSSR count). The zero-order valence-electron chi connectivity index (χ0n) is 7.34. The van der Waals surface area contributed by atoms with Gasteiger partial charge < -0.3 is 10.4 Å². The van der Waals surface area contributed by atoms with Crippen molar-refractivity contribution in [2.75, 3.05) is 6.54 Å². The molecule has 0 spiro atoms. The van der Waals surface area contributed by atoms with E-state index in [0.717, 1.165) is 5.92 Å². The van der Waals surface area contributed by atoms with E-state index in [1.165, 1.54) is 12.8 Å². The number of carboxylic acids is 1. The monoisotopic (exact) mass is 169 g/mol. The van der Waals surface area contributed by atoms with Crippen LogP contribution >= 0.6 is 0 Å². The summed E-state index contributed by atoms with van der Waals surface area (Å²) in [6, 6.07) is 0.432. The molecule has 0 aromatic rings. The average Bonchev–Trinajstić information content (AvgIpc) is 2.81. The first kappa shape index (κ1) is 9.26. The first-order chi connectivity index (χ1) is 5.61. The standard InChI is InChI=1S/C9H15NO2/c1-6(9(11)12)5-10-7(2)8-3-4-8/h7-8,10H,1,3-5H2,2H3,(H,11,12). The van der Waals surface area contributed by atoms with Crippen LogP contribution in [-0.2, 0) is 4.79 Å². The fourth-order valence-electron chi connectivity index (χ4n) is 1.12. The van der Waals surface area contributed by atoms with E-state index in [9.17, 15) is 4.79 Å². The summed E-state index contributed by atoms with van der Waals surface area (Å²) >= 11 is 0. The lowest BCUT2D eigenvalue weighted by Crippen LogP contribution is -2.31. The van der Waals surface area contributed by atoms with E-state index < -0.39 is 5.97 Å². The smallest absolute Gasteiger partial charge is 0.332 e. The molecular weight excluding hydrogens is 154 g/mol. The van der Waals surface area contributed by atoms with E-state index in [0.29, 0.717) is 12.6 Å². The average molecular weight is 169 g/mol.